The van der Waals surface area contributed by atoms with Crippen molar-refractivity contribution in [2.24, 2.45) is 0 Å². The number of carbonyl (C=O) groups excluding carboxylic acids is 4. The molecule has 0 spiro atoms. The van der Waals surface area contributed by atoms with Crippen molar-refractivity contribution < 1.29 is 80.2 Å². The second kappa shape index (κ2) is 83.0. The molecule has 0 amide bonds. The number of unbranched alkanes of at least 4 members (excludes halogenated alkanes) is 64. The minimum Gasteiger partial charge on any atom is -0.462 e. The SMILES string of the molecule is CCCCCCCCCCCCCCCCCCCCCCCCC(=O)O[C@H](COC(=O)CCCCCCCCCCCCCCCCCCCCC)COP(=O)(O)OC[C@@H](O)COP(=O)(O)OC[C@@H](COC(=O)CCCCCCCCCCCCCCC)OC(=O)CCCCCCCCCCCCCCCC. The molecule has 0 aromatic carbocycles. The first kappa shape index (κ1) is 106. The van der Waals surface area contributed by atoms with E-state index in [1.54, 1.807) is 0 Å². The lowest BCUT2D eigenvalue weighted by molar-refractivity contribution is -0.161. The molecule has 0 radical (unpaired) electrons. The van der Waals surface area contributed by atoms with Gasteiger partial charge in [0.2, 0.25) is 0 Å². The third-order valence-corrected chi connectivity index (χ3v) is 23.0. The topological polar surface area (TPSA) is 237 Å². The first-order valence-corrected chi connectivity index (χ1v) is 49.3. The van der Waals surface area contributed by atoms with E-state index < -0.39 is 97.5 Å². The number of carbonyl (C=O) groups is 4. The Morgan fingerprint density at radius 2 is 0.370 bits per heavy atom. The number of esters is 4. The Bertz CT molecular complexity index is 2030. The monoisotopic (exact) mass is 1580 g/mol. The van der Waals surface area contributed by atoms with Gasteiger partial charge in [-0.05, 0) is 25.7 Å². The third-order valence-electron chi connectivity index (χ3n) is 21.1. The highest BCUT2D eigenvalue weighted by Crippen LogP contribution is 2.45. The lowest BCUT2D eigenvalue weighted by Crippen LogP contribution is -2.30. The van der Waals surface area contributed by atoms with E-state index in [4.69, 9.17) is 37.0 Å². The fourth-order valence-corrected chi connectivity index (χ4v) is 15.6. The van der Waals surface area contributed by atoms with Crippen molar-refractivity contribution in [2.75, 3.05) is 39.6 Å². The number of aliphatic hydroxyl groups excluding tert-OH is 1. The molecular formula is C89H174O17P2. The van der Waals surface area contributed by atoms with E-state index in [1.165, 1.54) is 321 Å². The Morgan fingerprint density at radius 3 is 0.546 bits per heavy atom. The zero-order valence-electron chi connectivity index (χ0n) is 70.8. The summed E-state index contributed by atoms with van der Waals surface area (Å²) >= 11 is 0. The quantitative estimate of drug-likeness (QED) is 0.0222. The summed E-state index contributed by atoms with van der Waals surface area (Å²) in [5.74, 6) is -2.09. The molecular weight excluding hydrogens is 1400 g/mol. The van der Waals surface area contributed by atoms with E-state index >= 15 is 0 Å². The molecule has 642 valence electrons. The van der Waals surface area contributed by atoms with Gasteiger partial charge >= 0.3 is 39.5 Å². The molecule has 0 saturated heterocycles. The molecule has 0 aliphatic heterocycles. The molecule has 0 bridgehead atoms. The zero-order chi connectivity index (χ0) is 78.9. The molecule has 0 aliphatic rings. The van der Waals surface area contributed by atoms with Crippen LogP contribution in [0.5, 0.6) is 0 Å². The highest BCUT2D eigenvalue weighted by molar-refractivity contribution is 7.47. The summed E-state index contributed by atoms with van der Waals surface area (Å²) in [6.45, 7) is 5.08. The molecule has 0 heterocycles. The molecule has 19 heteroatoms. The summed E-state index contributed by atoms with van der Waals surface area (Å²) in [7, 11) is -9.93. The van der Waals surface area contributed by atoms with Crippen LogP contribution in [0.1, 0.15) is 490 Å². The van der Waals surface area contributed by atoms with Crippen LogP contribution in [0.25, 0.3) is 0 Å². The fourth-order valence-electron chi connectivity index (χ4n) is 14.1. The molecule has 0 aromatic heterocycles. The molecule has 2 unspecified atom stereocenters. The molecule has 0 aliphatic carbocycles. The molecule has 0 aromatic rings. The van der Waals surface area contributed by atoms with Gasteiger partial charge in [0.05, 0.1) is 26.4 Å². The van der Waals surface area contributed by atoms with Crippen LogP contribution in [0.3, 0.4) is 0 Å². The standard InChI is InChI=1S/C89H174O17P2/c1-5-9-13-17-21-25-29-33-36-38-40-41-42-44-46-48-52-56-60-64-68-72-76-89(94)106-85(80-100-87(92)74-70-66-62-58-54-51-47-45-43-39-37-34-30-26-22-18-14-10-6-2)82-104-108(97,98)102-78-83(90)77-101-107(95,96)103-81-84(79-99-86(91)73-69-65-61-57-53-49-32-28-24-20-16-12-8-4)105-88(93)75-71-67-63-59-55-50-35-31-27-23-19-15-11-7-3/h83-85,90H,5-82H2,1-4H3,(H,95,96)(H,97,98)/t83-,84+,85+/m0/s1. The lowest BCUT2D eigenvalue weighted by atomic mass is 10.0. The van der Waals surface area contributed by atoms with Gasteiger partial charge in [-0.3, -0.25) is 37.3 Å². The second-order valence-corrected chi connectivity index (χ2v) is 34.9. The van der Waals surface area contributed by atoms with Crippen molar-refractivity contribution in [3.63, 3.8) is 0 Å². The Kier molecular flexibility index (Phi) is 81.5. The number of hydrogen-bond acceptors (Lipinski definition) is 15. The molecule has 108 heavy (non-hydrogen) atoms. The maximum atomic E-state index is 13.2. The van der Waals surface area contributed by atoms with Crippen molar-refractivity contribution in [1.29, 1.82) is 0 Å². The van der Waals surface area contributed by atoms with Gasteiger partial charge in [0.15, 0.2) is 12.2 Å². The van der Waals surface area contributed by atoms with Crippen LogP contribution in [-0.4, -0.2) is 96.7 Å². The number of phosphoric ester groups is 2. The predicted octanol–water partition coefficient (Wildman–Crippen LogP) is 27.7. The lowest BCUT2D eigenvalue weighted by Gasteiger charge is -2.21. The summed E-state index contributed by atoms with van der Waals surface area (Å²) in [6.07, 6.45) is 79.2. The number of ether oxygens (including phenoxy) is 4. The first-order chi connectivity index (χ1) is 52.7. The van der Waals surface area contributed by atoms with Crippen LogP contribution >= 0.6 is 15.6 Å². The van der Waals surface area contributed by atoms with E-state index in [2.05, 4.69) is 27.7 Å². The number of hydrogen-bond donors (Lipinski definition) is 3. The van der Waals surface area contributed by atoms with Gasteiger partial charge in [0.25, 0.3) is 0 Å². The van der Waals surface area contributed by atoms with E-state index in [0.29, 0.717) is 25.7 Å². The highest BCUT2D eigenvalue weighted by atomic mass is 31.2. The summed E-state index contributed by atoms with van der Waals surface area (Å²) < 4.78 is 69.0. The smallest absolute Gasteiger partial charge is 0.462 e. The van der Waals surface area contributed by atoms with Crippen LogP contribution in [0.15, 0.2) is 0 Å². The minimum absolute atomic E-state index is 0.109. The molecule has 0 rings (SSSR count). The summed E-state index contributed by atoms with van der Waals surface area (Å²) in [4.78, 5) is 73.3. The highest BCUT2D eigenvalue weighted by Gasteiger charge is 2.30. The largest absolute Gasteiger partial charge is 0.472 e. The molecule has 3 N–H and O–H groups in total. The third kappa shape index (κ3) is 82.1. The summed E-state index contributed by atoms with van der Waals surface area (Å²) in [5, 5.41) is 10.7. The van der Waals surface area contributed by atoms with Crippen LogP contribution in [0.4, 0.5) is 0 Å². The second-order valence-electron chi connectivity index (χ2n) is 32.0. The minimum atomic E-state index is -4.97. The summed E-state index contributed by atoms with van der Waals surface area (Å²) in [5.41, 5.74) is 0. The first-order valence-electron chi connectivity index (χ1n) is 46.3. The van der Waals surface area contributed by atoms with Gasteiger partial charge in [-0.25, -0.2) is 9.13 Å². The van der Waals surface area contributed by atoms with Gasteiger partial charge in [0.1, 0.15) is 19.3 Å². The predicted molar refractivity (Wildman–Crippen MR) is 446 cm³/mol. The Balaban J connectivity index is 5.23. The van der Waals surface area contributed by atoms with Gasteiger partial charge in [-0.2, -0.15) is 0 Å². The zero-order valence-corrected chi connectivity index (χ0v) is 72.6. The van der Waals surface area contributed by atoms with Crippen LogP contribution in [0, 0.1) is 0 Å². The van der Waals surface area contributed by atoms with Crippen molar-refractivity contribution in [3.8, 4) is 0 Å². The average Bonchev–Trinajstić information content (AvgIpc) is 0.900. The van der Waals surface area contributed by atoms with Crippen molar-refractivity contribution in [2.45, 2.75) is 508 Å². The van der Waals surface area contributed by atoms with E-state index in [1.807, 2.05) is 0 Å². The Labute approximate surface area is 664 Å². The van der Waals surface area contributed by atoms with Gasteiger partial charge in [-0.15, -0.1) is 0 Å². The van der Waals surface area contributed by atoms with Gasteiger partial charge < -0.3 is 33.8 Å². The van der Waals surface area contributed by atoms with Crippen molar-refractivity contribution >= 4 is 39.5 Å². The van der Waals surface area contributed by atoms with Crippen molar-refractivity contribution in [1.82, 2.24) is 0 Å². The van der Waals surface area contributed by atoms with E-state index in [9.17, 15) is 43.2 Å². The fraction of sp³-hybridized carbons (Fsp3) is 0.955. The number of aliphatic hydroxyl groups is 1. The normalized spacial score (nSPS) is 13.7. The van der Waals surface area contributed by atoms with Gasteiger partial charge in [0, 0.05) is 25.7 Å². The van der Waals surface area contributed by atoms with E-state index in [-0.39, 0.29) is 25.7 Å². The Morgan fingerprint density at radius 1 is 0.222 bits per heavy atom. The average molecular weight is 1580 g/mol. The maximum absolute atomic E-state index is 13.2. The Hall–Kier alpha value is -1.94. The molecule has 17 nitrogen and oxygen atoms in total. The maximum Gasteiger partial charge on any atom is 0.472 e. The van der Waals surface area contributed by atoms with Crippen LogP contribution in [-0.2, 0) is 65.4 Å². The van der Waals surface area contributed by atoms with Gasteiger partial charge in [-0.1, -0.05) is 439 Å². The molecule has 0 fully saturated rings. The summed E-state index contributed by atoms with van der Waals surface area (Å²) in [6, 6.07) is 0. The van der Waals surface area contributed by atoms with E-state index in [0.717, 1.165) is 89.9 Å². The molecule has 5 atom stereocenters. The van der Waals surface area contributed by atoms with Crippen molar-refractivity contribution in [3.05, 3.63) is 0 Å². The number of phosphoric acid groups is 2. The van der Waals surface area contributed by atoms with Crippen LogP contribution < -0.4 is 0 Å². The molecule has 0 saturated carbocycles. The number of rotatable bonds is 90. The van der Waals surface area contributed by atoms with Crippen LogP contribution in [0.2, 0.25) is 0 Å².